The zero-order valence-electron chi connectivity index (χ0n) is 22.8. The second-order valence-corrected chi connectivity index (χ2v) is 12.7. The van der Waals surface area contributed by atoms with Crippen LogP contribution in [-0.2, 0) is 9.53 Å². The maximum Gasteiger partial charge on any atom is 0.225 e. The number of benzene rings is 1. The summed E-state index contributed by atoms with van der Waals surface area (Å²) >= 11 is 1.78. The van der Waals surface area contributed by atoms with E-state index in [4.69, 9.17) is 9.84 Å². The van der Waals surface area contributed by atoms with E-state index in [1.165, 1.54) is 17.5 Å². The van der Waals surface area contributed by atoms with E-state index >= 15 is 0 Å². The summed E-state index contributed by atoms with van der Waals surface area (Å²) < 4.78 is 5.50. The molecule has 0 spiro atoms. The number of nitrogens with zero attached hydrogens (tertiary/aromatic N) is 5. The maximum absolute atomic E-state index is 13.4. The third-order valence-corrected chi connectivity index (χ3v) is 9.76. The first-order valence-electron chi connectivity index (χ1n) is 14.5. The molecule has 2 unspecified atom stereocenters. The van der Waals surface area contributed by atoms with E-state index in [-0.39, 0.29) is 11.4 Å². The van der Waals surface area contributed by atoms with Crippen molar-refractivity contribution in [3.63, 3.8) is 0 Å². The number of nitrogens with one attached hydrogen (secondary N) is 1. The number of piperidine rings is 2. The second-order valence-electron chi connectivity index (χ2n) is 11.7. The number of likely N-dealkylation sites (tertiary alicyclic amines) is 2. The van der Waals surface area contributed by atoms with Crippen LogP contribution in [0.3, 0.4) is 0 Å². The summed E-state index contributed by atoms with van der Waals surface area (Å²) in [5, 5.41) is 11.7. The van der Waals surface area contributed by atoms with Gasteiger partial charge in [0.2, 0.25) is 5.91 Å². The monoisotopic (exact) mass is 538 g/mol. The molecule has 3 fully saturated rings. The first kappa shape index (κ1) is 26.0. The van der Waals surface area contributed by atoms with Crippen molar-refractivity contribution >= 4 is 28.5 Å². The summed E-state index contributed by atoms with van der Waals surface area (Å²) in [5.41, 5.74) is 3.79. The molecule has 3 saturated heterocycles. The minimum absolute atomic E-state index is 0.112. The number of carbonyl (C=O) groups excluding carboxylic acids is 1. The van der Waals surface area contributed by atoms with E-state index in [0.717, 1.165) is 89.2 Å². The van der Waals surface area contributed by atoms with Gasteiger partial charge in [-0.15, -0.1) is 5.10 Å². The first-order chi connectivity index (χ1) is 18.5. The van der Waals surface area contributed by atoms with Gasteiger partial charge in [-0.2, -0.15) is 0 Å². The highest BCUT2D eigenvalue weighted by Crippen LogP contribution is 2.35. The summed E-state index contributed by atoms with van der Waals surface area (Å²) in [4.78, 5) is 20.5. The molecule has 0 saturated carbocycles. The van der Waals surface area contributed by atoms with Crippen molar-refractivity contribution in [2.24, 2.45) is 16.9 Å². The van der Waals surface area contributed by atoms with Gasteiger partial charge in [-0.3, -0.25) is 9.69 Å². The van der Waals surface area contributed by atoms with Crippen LogP contribution in [0.2, 0.25) is 0 Å². The average Bonchev–Trinajstić information content (AvgIpc) is 3.53. The number of amides is 1. The van der Waals surface area contributed by atoms with Crippen molar-refractivity contribution in [1.29, 1.82) is 0 Å². The van der Waals surface area contributed by atoms with E-state index in [2.05, 4.69) is 64.3 Å². The lowest BCUT2D eigenvalue weighted by Gasteiger charge is -2.39. The number of fused-ring (bicyclic) bond motifs is 1. The Morgan fingerprint density at radius 2 is 1.84 bits per heavy atom. The smallest absolute Gasteiger partial charge is 0.225 e. The standard InChI is InChI=1S/C29H42N6O2S/c1-21(2)23-5-7-24(8-6-23)26-20-35-28(30-26)38-29(31-35)33-12-9-25(10-13-33)27(36)34-11-3-4-22(19-34)18-32-14-16-37-17-15-32/h5-8,20-22,25,28,30H,3-4,9-19H2,1-2H3. The van der Waals surface area contributed by atoms with Crippen LogP contribution in [0.5, 0.6) is 0 Å². The highest BCUT2D eigenvalue weighted by atomic mass is 32.2. The van der Waals surface area contributed by atoms with E-state index in [1.807, 2.05) is 5.01 Å². The molecule has 1 aromatic carbocycles. The summed E-state index contributed by atoms with van der Waals surface area (Å²) in [6.45, 7) is 13.0. The van der Waals surface area contributed by atoms with Gasteiger partial charge in [0.25, 0.3) is 0 Å². The lowest BCUT2D eigenvalue weighted by atomic mass is 9.92. The zero-order valence-corrected chi connectivity index (χ0v) is 23.7. The van der Waals surface area contributed by atoms with Gasteiger partial charge in [0, 0.05) is 51.7 Å². The Kier molecular flexibility index (Phi) is 7.86. The topological polar surface area (TPSA) is 63.7 Å². The predicted octanol–water partition coefficient (Wildman–Crippen LogP) is 3.60. The third-order valence-electron chi connectivity index (χ3n) is 8.65. The van der Waals surface area contributed by atoms with E-state index in [1.54, 1.807) is 11.8 Å². The van der Waals surface area contributed by atoms with Gasteiger partial charge in [0.15, 0.2) is 10.7 Å². The molecule has 2 atom stereocenters. The van der Waals surface area contributed by atoms with Gasteiger partial charge in [0.05, 0.1) is 25.1 Å². The van der Waals surface area contributed by atoms with Gasteiger partial charge in [-0.25, -0.2) is 5.01 Å². The second kappa shape index (κ2) is 11.5. The van der Waals surface area contributed by atoms with Crippen LogP contribution in [0.4, 0.5) is 0 Å². The minimum atomic E-state index is 0.112. The molecule has 5 aliphatic heterocycles. The highest BCUT2D eigenvalue weighted by molar-refractivity contribution is 8.14. The summed E-state index contributed by atoms with van der Waals surface area (Å²) in [6, 6.07) is 8.82. The van der Waals surface area contributed by atoms with Crippen molar-refractivity contribution in [1.82, 2.24) is 25.0 Å². The fourth-order valence-corrected chi connectivity index (χ4v) is 7.38. The van der Waals surface area contributed by atoms with Crippen LogP contribution in [0.1, 0.15) is 56.6 Å². The molecular weight excluding hydrogens is 496 g/mol. The van der Waals surface area contributed by atoms with Crippen LogP contribution in [0.15, 0.2) is 35.6 Å². The Bertz CT molecular complexity index is 1050. The minimum Gasteiger partial charge on any atom is -0.379 e. The van der Waals surface area contributed by atoms with Gasteiger partial charge >= 0.3 is 0 Å². The van der Waals surface area contributed by atoms with Crippen molar-refractivity contribution < 1.29 is 9.53 Å². The molecule has 5 aliphatic rings. The first-order valence-corrected chi connectivity index (χ1v) is 15.4. The summed E-state index contributed by atoms with van der Waals surface area (Å²) in [5.74, 6) is 1.67. The van der Waals surface area contributed by atoms with E-state index in [9.17, 15) is 4.79 Å². The number of hydrogen-bond donors (Lipinski definition) is 1. The lowest BCUT2D eigenvalue weighted by molar-refractivity contribution is -0.138. The Hall–Kier alpha value is -2.23. The molecule has 0 bridgehead atoms. The largest absolute Gasteiger partial charge is 0.379 e. The van der Waals surface area contributed by atoms with Gasteiger partial charge in [0.1, 0.15) is 0 Å². The third kappa shape index (κ3) is 5.70. The number of hydrazone groups is 1. The molecule has 206 valence electrons. The van der Waals surface area contributed by atoms with E-state index < -0.39 is 0 Å². The molecule has 1 amide bonds. The summed E-state index contributed by atoms with van der Waals surface area (Å²) in [7, 11) is 0. The highest BCUT2D eigenvalue weighted by Gasteiger charge is 2.37. The number of thioether (sulfide) groups is 1. The Morgan fingerprint density at radius 1 is 1.08 bits per heavy atom. The van der Waals surface area contributed by atoms with Crippen molar-refractivity contribution in [2.45, 2.75) is 50.9 Å². The predicted molar refractivity (Wildman–Crippen MR) is 153 cm³/mol. The van der Waals surface area contributed by atoms with Crippen molar-refractivity contribution in [2.75, 3.05) is 59.0 Å². The number of morpholine rings is 1. The quantitative estimate of drug-likeness (QED) is 0.615. The molecule has 8 nitrogen and oxygen atoms in total. The van der Waals surface area contributed by atoms with Crippen molar-refractivity contribution in [3.05, 3.63) is 41.6 Å². The van der Waals surface area contributed by atoms with Crippen LogP contribution in [-0.4, -0.2) is 95.3 Å². The van der Waals surface area contributed by atoms with Crippen molar-refractivity contribution in [3.8, 4) is 0 Å². The Morgan fingerprint density at radius 3 is 2.55 bits per heavy atom. The van der Waals surface area contributed by atoms with Gasteiger partial charge in [-0.1, -0.05) is 38.1 Å². The fraction of sp³-hybridized carbons (Fsp3) is 0.655. The van der Waals surface area contributed by atoms with Crippen LogP contribution in [0, 0.1) is 11.8 Å². The van der Waals surface area contributed by atoms with Gasteiger partial charge < -0.3 is 19.9 Å². The molecular formula is C29H42N6O2S. The van der Waals surface area contributed by atoms with Crippen LogP contribution < -0.4 is 5.32 Å². The maximum atomic E-state index is 13.4. The fourth-order valence-electron chi connectivity index (χ4n) is 6.31. The molecule has 6 rings (SSSR count). The molecule has 38 heavy (non-hydrogen) atoms. The molecule has 9 heteroatoms. The Balaban J connectivity index is 0.992. The summed E-state index contributed by atoms with van der Waals surface area (Å²) in [6.07, 6.45) is 6.33. The normalized spacial score (nSPS) is 26.9. The molecule has 0 aromatic heterocycles. The molecule has 0 radical (unpaired) electrons. The number of hydrogen-bond acceptors (Lipinski definition) is 8. The molecule has 0 aliphatic carbocycles. The molecule has 1 N–H and O–H groups in total. The van der Waals surface area contributed by atoms with Crippen LogP contribution in [0.25, 0.3) is 5.70 Å². The average molecular weight is 539 g/mol. The van der Waals surface area contributed by atoms with Gasteiger partial charge in [-0.05, 0) is 60.4 Å². The SMILES string of the molecule is CC(C)c1ccc(C2=CN3N=C(N4CCC(C(=O)N5CCCC(CN6CCOCC6)C5)CC4)SC3N2)cc1. The molecule has 5 heterocycles. The zero-order chi connectivity index (χ0) is 26.1. The Labute approximate surface area is 231 Å². The molecule has 1 aromatic rings. The number of rotatable bonds is 5. The van der Waals surface area contributed by atoms with Crippen LogP contribution >= 0.6 is 11.8 Å². The number of carbonyl (C=O) groups is 1. The van der Waals surface area contributed by atoms with E-state index in [0.29, 0.717) is 17.7 Å². The number of amidine groups is 1. The number of ether oxygens (including phenoxy) is 1. The lowest BCUT2D eigenvalue weighted by Crippen LogP contribution is -2.49.